The van der Waals surface area contributed by atoms with Gasteiger partial charge in [-0.1, -0.05) is 28.1 Å². The zero-order valence-electron chi connectivity index (χ0n) is 10.8. The summed E-state index contributed by atoms with van der Waals surface area (Å²) < 4.78 is 6.78. The average Bonchev–Trinajstić information content (AvgIpc) is 2.85. The number of benzene rings is 1. The van der Waals surface area contributed by atoms with Gasteiger partial charge in [0.25, 0.3) is 0 Å². The average molecular weight is 313 g/mol. The van der Waals surface area contributed by atoms with Crippen LogP contribution < -0.4 is 11.3 Å². The summed E-state index contributed by atoms with van der Waals surface area (Å²) >= 11 is 3.62. The van der Waals surface area contributed by atoms with Gasteiger partial charge in [0.05, 0.1) is 6.10 Å². The summed E-state index contributed by atoms with van der Waals surface area (Å²) in [4.78, 5) is 0. The van der Waals surface area contributed by atoms with Crippen molar-refractivity contribution in [3.05, 3.63) is 33.8 Å². The van der Waals surface area contributed by atoms with Gasteiger partial charge in [-0.3, -0.25) is 11.3 Å². The quantitative estimate of drug-likeness (QED) is 0.648. The Morgan fingerprint density at radius 2 is 2.39 bits per heavy atom. The second kappa shape index (κ2) is 6.66. The SMILES string of the molecule is Cc1ccc(C(CCC2CCCO2)NN)c(Br)c1. The largest absolute Gasteiger partial charge is 0.378 e. The van der Waals surface area contributed by atoms with Crippen molar-refractivity contribution in [3.8, 4) is 0 Å². The molecule has 1 saturated heterocycles. The number of nitrogens with one attached hydrogen (secondary N) is 1. The van der Waals surface area contributed by atoms with E-state index >= 15 is 0 Å². The monoisotopic (exact) mass is 312 g/mol. The predicted molar refractivity (Wildman–Crippen MR) is 77.2 cm³/mol. The minimum absolute atomic E-state index is 0.184. The summed E-state index contributed by atoms with van der Waals surface area (Å²) in [5, 5.41) is 0. The molecule has 2 rings (SSSR count). The highest BCUT2D eigenvalue weighted by Crippen LogP contribution is 2.29. The van der Waals surface area contributed by atoms with Crippen LogP contribution in [0.5, 0.6) is 0 Å². The van der Waals surface area contributed by atoms with Crippen molar-refractivity contribution in [3.63, 3.8) is 0 Å². The van der Waals surface area contributed by atoms with Crippen LogP contribution in [0.1, 0.15) is 42.9 Å². The lowest BCUT2D eigenvalue weighted by Gasteiger charge is -2.20. The van der Waals surface area contributed by atoms with Gasteiger partial charge >= 0.3 is 0 Å². The van der Waals surface area contributed by atoms with Gasteiger partial charge in [-0.05, 0) is 49.8 Å². The van der Waals surface area contributed by atoms with Crippen LogP contribution in [0.4, 0.5) is 0 Å². The highest BCUT2D eigenvalue weighted by molar-refractivity contribution is 9.10. The molecule has 4 heteroatoms. The van der Waals surface area contributed by atoms with Crippen LogP contribution in [-0.4, -0.2) is 12.7 Å². The van der Waals surface area contributed by atoms with E-state index in [1.807, 2.05) is 0 Å². The van der Waals surface area contributed by atoms with Crippen molar-refractivity contribution in [2.45, 2.75) is 44.8 Å². The molecule has 0 amide bonds. The summed E-state index contributed by atoms with van der Waals surface area (Å²) in [7, 11) is 0. The number of nitrogens with two attached hydrogens (primary N) is 1. The number of rotatable bonds is 5. The molecule has 1 aliphatic rings. The lowest BCUT2D eigenvalue weighted by atomic mass is 9.99. The minimum atomic E-state index is 0.184. The zero-order chi connectivity index (χ0) is 13.0. The highest BCUT2D eigenvalue weighted by atomic mass is 79.9. The highest BCUT2D eigenvalue weighted by Gasteiger charge is 2.19. The van der Waals surface area contributed by atoms with E-state index in [9.17, 15) is 0 Å². The van der Waals surface area contributed by atoms with Gasteiger partial charge in [0.15, 0.2) is 0 Å². The van der Waals surface area contributed by atoms with Crippen LogP contribution in [0.3, 0.4) is 0 Å². The van der Waals surface area contributed by atoms with Crippen molar-refractivity contribution in [1.29, 1.82) is 0 Å². The molecule has 1 fully saturated rings. The third-order valence-electron chi connectivity index (χ3n) is 3.53. The molecule has 3 nitrogen and oxygen atoms in total. The van der Waals surface area contributed by atoms with Gasteiger partial charge in [0.1, 0.15) is 0 Å². The number of halogens is 1. The van der Waals surface area contributed by atoms with Gasteiger partial charge < -0.3 is 4.74 Å². The Labute approximate surface area is 117 Å². The Morgan fingerprint density at radius 3 is 3.00 bits per heavy atom. The molecule has 18 heavy (non-hydrogen) atoms. The first-order valence-corrected chi connectivity index (χ1v) is 7.34. The fraction of sp³-hybridized carbons (Fsp3) is 0.571. The van der Waals surface area contributed by atoms with Crippen LogP contribution in [0.25, 0.3) is 0 Å². The van der Waals surface area contributed by atoms with Gasteiger partial charge in [-0.25, -0.2) is 0 Å². The second-order valence-electron chi connectivity index (χ2n) is 4.96. The van der Waals surface area contributed by atoms with Crippen molar-refractivity contribution in [1.82, 2.24) is 5.43 Å². The Morgan fingerprint density at radius 1 is 1.56 bits per heavy atom. The number of hydrogen-bond acceptors (Lipinski definition) is 3. The summed E-state index contributed by atoms with van der Waals surface area (Å²) in [6.07, 6.45) is 4.87. The molecule has 0 bridgehead atoms. The molecule has 1 aromatic carbocycles. The van der Waals surface area contributed by atoms with Crippen LogP contribution in [0.15, 0.2) is 22.7 Å². The van der Waals surface area contributed by atoms with E-state index < -0.39 is 0 Å². The number of hydrazine groups is 1. The van der Waals surface area contributed by atoms with Gasteiger partial charge in [0.2, 0.25) is 0 Å². The van der Waals surface area contributed by atoms with E-state index in [1.165, 1.54) is 24.0 Å². The van der Waals surface area contributed by atoms with Crippen LogP contribution >= 0.6 is 15.9 Å². The lowest BCUT2D eigenvalue weighted by Crippen LogP contribution is -2.29. The molecule has 0 saturated carbocycles. The fourth-order valence-corrected chi connectivity index (χ4v) is 3.24. The smallest absolute Gasteiger partial charge is 0.0576 e. The van der Waals surface area contributed by atoms with Crippen LogP contribution in [-0.2, 0) is 4.74 Å². The van der Waals surface area contributed by atoms with Crippen molar-refractivity contribution < 1.29 is 4.74 Å². The van der Waals surface area contributed by atoms with Crippen molar-refractivity contribution in [2.24, 2.45) is 5.84 Å². The first-order valence-electron chi connectivity index (χ1n) is 6.54. The second-order valence-corrected chi connectivity index (χ2v) is 5.81. The van der Waals surface area contributed by atoms with Crippen molar-refractivity contribution in [2.75, 3.05) is 6.61 Å². The maximum absolute atomic E-state index is 5.68. The molecule has 0 spiro atoms. The molecule has 0 aromatic heterocycles. The summed E-state index contributed by atoms with van der Waals surface area (Å²) in [5.74, 6) is 5.68. The van der Waals surface area contributed by atoms with E-state index in [0.717, 1.165) is 23.9 Å². The maximum atomic E-state index is 5.68. The molecule has 1 aromatic rings. The zero-order valence-corrected chi connectivity index (χ0v) is 12.4. The lowest BCUT2D eigenvalue weighted by molar-refractivity contribution is 0.0996. The standard InChI is InChI=1S/C14H21BrN2O/c1-10-4-6-12(13(15)9-10)14(17-16)7-5-11-3-2-8-18-11/h4,6,9,11,14,17H,2-3,5,7-8,16H2,1H3. The molecule has 1 aliphatic heterocycles. The van der Waals surface area contributed by atoms with Crippen molar-refractivity contribution >= 4 is 15.9 Å². The van der Waals surface area contributed by atoms with Crippen LogP contribution in [0, 0.1) is 6.92 Å². The third kappa shape index (κ3) is 3.54. The minimum Gasteiger partial charge on any atom is -0.378 e. The molecule has 0 aliphatic carbocycles. The van der Waals surface area contributed by atoms with E-state index in [4.69, 9.17) is 10.6 Å². The topological polar surface area (TPSA) is 47.3 Å². The third-order valence-corrected chi connectivity index (χ3v) is 4.22. The molecule has 100 valence electrons. The molecule has 3 N–H and O–H groups in total. The number of aryl methyl sites for hydroxylation is 1. The van der Waals surface area contributed by atoms with Crippen LogP contribution in [0.2, 0.25) is 0 Å². The summed E-state index contributed by atoms with van der Waals surface area (Å²) in [6.45, 7) is 3.01. The number of ether oxygens (including phenoxy) is 1. The van der Waals surface area contributed by atoms with E-state index in [2.05, 4.69) is 46.5 Å². The normalized spacial score (nSPS) is 21.2. The molecule has 0 radical (unpaired) electrons. The van der Waals surface area contributed by atoms with E-state index in [0.29, 0.717) is 6.10 Å². The maximum Gasteiger partial charge on any atom is 0.0576 e. The van der Waals surface area contributed by atoms with Gasteiger partial charge in [-0.2, -0.15) is 0 Å². The van der Waals surface area contributed by atoms with E-state index in [-0.39, 0.29) is 6.04 Å². The van der Waals surface area contributed by atoms with Gasteiger partial charge in [-0.15, -0.1) is 0 Å². The molecular formula is C14H21BrN2O. The Balaban J connectivity index is 1.98. The Kier molecular flexibility index (Phi) is 5.18. The fourth-order valence-electron chi connectivity index (χ4n) is 2.47. The molecular weight excluding hydrogens is 292 g/mol. The number of hydrogen-bond donors (Lipinski definition) is 2. The first-order chi connectivity index (χ1) is 8.70. The Bertz CT molecular complexity index is 391. The predicted octanol–water partition coefficient (Wildman–Crippen LogP) is 3.22. The summed E-state index contributed by atoms with van der Waals surface area (Å²) in [6, 6.07) is 6.57. The molecule has 1 heterocycles. The first kappa shape index (κ1) is 14.0. The molecule has 2 unspecified atom stereocenters. The van der Waals surface area contributed by atoms with E-state index in [1.54, 1.807) is 0 Å². The van der Waals surface area contributed by atoms with Gasteiger partial charge in [0, 0.05) is 17.1 Å². The Hall–Kier alpha value is -0.420. The summed E-state index contributed by atoms with van der Waals surface area (Å²) in [5.41, 5.74) is 5.39. The molecule has 2 atom stereocenters.